The molecule has 1 aliphatic rings. The zero-order valence-corrected chi connectivity index (χ0v) is 16.6. The molecule has 1 aromatic rings. The predicted octanol–water partition coefficient (Wildman–Crippen LogP) is 0.639. The smallest absolute Gasteiger partial charge is 0.239 e. The molecule has 2 rings (SSSR count). The molecule has 146 valence electrons. The molecule has 0 spiro atoms. The Kier molecular flexibility index (Phi) is 6.77. The third-order valence-electron chi connectivity index (χ3n) is 4.31. The summed E-state index contributed by atoms with van der Waals surface area (Å²) < 4.78 is 1.85. The van der Waals surface area contributed by atoms with Crippen LogP contribution in [0.25, 0.3) is 0 Å². The number of rotatable bonds is 6. The van der Waals surface area contributed by atoms with Crippen LogP contribution < -0.4 is 10.6 Å². The molecular formula is C18H32N6O2. The van der Waals surface area contributed by atoms with Crippen LogP contribution in [0.5, 0.6) is 0 Å². The van der Waals surface area contributed by atoms with Crippen molar-refractivity contribution in [3.8, 4) is 0 Å². The number of piperazine rings is 1. The highest BCUT2D eigenvalue weighted by molar-refractivity contribution is 5.91. The number of nitrogens with zero attached hydrogens (tertiary/aromatic N) is 4. The molecule has 0 atom stereocenters. The lowest BCUT2D eigenvalue weighted by Crippen LogP contribution is -2.51. The fourth-order valence-electron chi connectivity index (χ4n) is 3.05. The molecule has 26 heavy (non-hydrogen) atoms. The predicted molar refractivity (Wildman–Crippen MR) is 102 cm³/mol. The molecule has 2 amide bonds. The van der Waals surface area contributed by atoms with E-state index in [9.17, 15) is 9.59 Å². The summed E-state index contributed by atoms with van der Waals surface area (Å²) in [6, 6.07) is 1.90. The standard InChI is InChI=1S/C18H32N6O2/c1-6-19-16(25)12-22-7-9-23(10-8-22)13-17(26)20-15-11-14(2)21-24(15)18(3,4)5/h11H,6-10,12-13H2,1-5H3,(H,19,25)(H,20,26). The van der Waals surface area contributed by atoms with E-state index in [2.05, 4.69) is 46.3 Å². The Hall–Kier alpha value is -1.93. The Bertz CT molecular complexity index is 626. The van der Waals surface area contributed by atoms with E-state index in [0.29, 0.717) is 19.6 Å². The first-order valence-corrected chi connectivity index (χ1v) is 9.27. The first-order chi connectivity index (χ1) is 12.2. The summed E-state index contributed by atoms with van der Waals surface area (Å²) in [5.74, 6) is 0.756. The normalized spacial score (nSPS) is 16.5. The van der Waals surface area contributed by atoms with Gasteiger partial charge in [0.25, 0.3) is 0 Å². The van der Waals surface area contributed by atoms with Gasteiger partial charge in [-0.3, -0.25) is 19.4 Å². The zero-order valence-electron chi connectivity index (χ0n) is 16.6. The number of hydrogen-bond donors (Lipinski definition) is 2. The summed E-state index contributed by atoms with van der Waals surface area (Å²) in [4.78, 5) is 28.3. The summed E-state index contributed by atoms with van der Waals surface area (Å²) in [6.45, 7) is 14.6. The lowest BCUT2D eigenvalue weighted by Gasteiger charge is -2.33. The van der Waals surface area contributed by atoms with Gasteiger partial charge in [-0.25, -0.2) is 4.68 Å². The van der Waals surface area contributed by atoms with E-state index in [1.165, 1.54) is 0 Å². The third kappa shape index (κ3) is 5.81. The minimum Gasteiger partial charge on any atom is -0.355 e. The van der Waals surface area contributed by atoms with Crippen LogP contribution in [-0.2, 0) is 15.1 Å². The van der Waals surface area contributed by atoms with Crippen molar-refractivity contribution in [1.82, 2.24) is 24.9 Å². The Balaban J connectivity index is 1.82. The Morgan fingerprint density at radius 3 is 2.12 bits per heavy atom. The molecule has 1 fully saturated rings. The fourth-order valence-corrected chi connectivity index (χ4v) is 3.05. The van der Waals surface area contributed by atoms with Gasteiger partial charge in [0, 0.05) is 38.8 Å². The molecule has 1 saturated heterocycles. The second-order valence-electron chi connectivity index (χ2n) is 7.81. The van der Waals surface area contributed by atoms with Gasteiger partial charge in [0.2, 0.25) is 11.8 Å². The van der Waals surface area contributed by atoms with Gasteiger partial charge in [0.05, 0.1) is 24.3 Å². The van der Waals surface area contributed by atoms with Crippen molar-refractivity contribution in [3.63, 3.8) is 0 Å². The minimum atomic E-state index is -0.193. The van der Waals surface area contributed by atoms with Crippen LogP contribution in [-0.4, -0.2) is 77.2 Å². The highest BCUT2D eigenvalue weighted by Crippen LogP contribution is 2.21. The number of nitrogens with one attached hydrogen (secondary N) is 2. The topological polar surface area (TPSA) is 82.5 Å². The number of carbonyl (C=O) groups is 2. The maximum Gasteiger partial charge on any atom is 0.239 e. The summed E-state index contributed by atoms with van der Waals surface area (Å²) in [7, 11) is 0. The SMILES string of the molecule is CCNC(=O)CN1CCN(CC(=O)Nc2cc(C)nn2C(C)(C)C)CC1. The van der Waals surface area contributed by atoms with Crippen LogP contribution in [0.2, 0.25) is 0 Å². The van der Waals surface area contributed by atoms with Gasteiger partial charge in [0.1, 0.15) is 5.82 Å². The number of likely N-dealkylation sites (N-methyl/N-ethyl adjacent to an activating group) is 1. The number of amides is 2. The lowest BCUT2D eigenvalue weighted by molar-refractivity contribution is -0.123. The summed E-state index contributed by atoms with van der Waals surface area (Å²) >= 11 is 0. The monoisotopic (exact) mass is 364 g/mol. The average molecular weight is 364 g/mol. The maximum absolute atomic E-state index is 12.4. The van der Waals surface area contributed by atoms with Gasteiger partial charge >= 0.3 is 0 Å². The van der Waals surface area contributed by atoms with E-state index in [1.54, 1.807) is 0 Å². The molecule has 1 aliphatic heterocycles. The van der Waals surface area contributed by atoms with Crippen LogP contribution in [0.1, 0.15) is 33.4 Å². The zero-order chi connectivity index (χ0) is 19.3. The molecular weight excluding hydrogens is 332 g/mol. The van der Waals surface area contributed by atoms with Crippen LogP contribution in [0.3, 0.4) is 0 Å². The van der Waals surface area contributed by atoms with Crippen molar-refractivity contribution in [1.29, 1.82) is 0 Å². The van der Waals surface area contributed by atoms with Crippen LogP contribution in [0.4, 0.5) is 5.82 Å². The summed E-state index contributed by atoms with van der Waals surface area (Å²) in [6.07, 6.45) is 0. The van der Waals surface area contributed by atoms with Crippen LogP contribution in [0.15, 0.2) is 6.07 Å². The van der Waals surface area contributed by atoms with Crippen molar-refractivity contribution in [2.45, 2.75) is 40.2 Å². The van der Waals surface area contributed by atoms with Crippen molar-refractivity contribution in [2.75, 3.05) is 51.1 Å². The summed E-state index contributed by atoms with van der Waals surface area (Å²) in [5, 5.41) is 10.3. The molecule has 0 unspecified atom stereocenters. The molecule has 0 radical (unpaired) electrons. The fraction of sp³-hybridized carbons (Fsp3) is 0.722. The molecule has 0 aliphatic carbocycles. The van der Waals surface area contributed by atoms with Crippen molar-refractivity contribution in [2.24, 2.45) is 0 Å². The first kappa shape index (κ1) is 20.4. The summed E-state index contributed by atoms with van der Waals surface area (Å²) in [5.41, 5.74) is 0.691. The maximum atomic E-state index is 12.4. The van der Waals surface area contributed by atoms with Gasteiger partial charge in [-0.1, -0.05) is 0 Å². The first-order valence-electron chi connectivity index (χ1n) is 9.27. The van der Waals surface area contributed by atoms with E-state index < -0.39 is 0 Å². The Labute approximate surface area is 155 Å². The number of anilines is 1. The molecule has 8 heteroatoms. The van der Waals surface area contributed by atoms with Crippen molar-refractivity contribution < 1.29 is 9.59 Å². The van der Waals surface area contributed by atoms with Crippen molar-refractivity contribution in [3.05, 3.63) is 11.8 Å². The van der Waals surface area contributed by atoms with Gasteiger partial charge in [-0.05, 0) is 34.6 Å². The molecule has 8 nitrogen and oxygen atoms in total. The van der Waals surface area contributed by atoms with Crippen molar-refractivity contribution >= 4 is 17.6 Å². The van der Waals surface area contributed by atoms with E-state index in [1.807, 2.05) is 24.6 Å². The average Bonchev–Trinajstić information content (AvgIpc) is 2.90. The van der Waals surface area contributed by atoms with Gasteiger partial charge in [-0.15, -0.1) is 0 Å². The van der Waals surface area contributed by atoms with E-state index in [4.69, 9.17) is 0 Å². The quantitative estimate of drug-likeness (QED) is 0.774. The van der Waals surface area contributed by atoms with Gasteiger partial charge in [0.15, 0.2) is 0 Å². The van der Waals surface area contributed by atoms with E-state index >= 15 is 0 Å². The molecule has 1 aromatic heterocycles. The van der Waals surface area contributed by atoms with Gasteiger partial charge < -0.3 is 10.6 Å². The van der Waals surface area contributed by atoms with Crippen LogP contribution >= 0.6 is 0 Å². The lowest BCUT2D eigenvalue weighted by atomic mass is 10.1. The molecule has 0 saturated carbocycles. The number of aromatic nitrogens is 2. The molecule has 0 aromatic carbocycles. The third-order valence-corrected chi connectivity index (χ3v) is 4.31. The minimum absolute atomic E-state index is 0.0347. The Morgan fingerprint density at radius 2 is 1.62 bits per heavy atom. The highest BCUT2D eigenvalue weighted by atomic mass is 16.2. The second-order valence-corrected chi connectivity index (χ2v) is 7.81. The second kappa shape index (κ2) is 8.64. The largest absolute Gasteiger partial charge is 0.355 e. The van der Waals surface area contributed by atoms with Gasteiger partial charge in [-0.2, -0.15) is 5.10 Å². The number of carbonyl (C=O) groups excluding carboxylic acids is 2. The molecule has 0 bridgehead atoms. The molecule has 2 heterocycles. The molecule has 2 N–H and O–H groups in total. The Morgan fingerprint density at radius 1 is 1.08 bits per heavy atom. The van der Waals surface area contributed by atoms with Crippen LogP contribution in [0, 0.1) is 6.92 Å². The van der Waals surface area contributed by atoms with E-state index in [-0.39, 0.29) is 17.4 Å². The van der Waals surface area contributed by atoms with E-state index in [0.717, 1.165) is 37.7 Å². The number of hydrogen-bond acceptors (Lipinski definition) is 5. The highest BCUT2D eigenvalue weighted by Gasteiger charge is 2.23. The number of aryl methyl sites for hydroxylation is 1.